The van der Waals surface area contributed by atoms with Gasteiger partial charge in [-0.3, -0.25) is 4.98 Å². The summed E-state index contributed by atoms with van der Waals surface area (Å²) in [5.41, 5.74) is 7.22. The van der Waals surface area contributed by atoms with Crippen LogP contribution in [0.1, 0.15) is 64.9 Å². The predicted octanol–water partition coefficient (Wildman–Crippen LogP) is 5.51. The third kappa shape index (κ3) is 6.50. The van der Waals surface area contributed by atoms with Gasteiger partial charge in [0, 0.05) is 24.5 Å². The van der Waals surface area contributed by atoms with E-state index in [2.05, 4.69) is 47.3 Å². The highest BCUT2D eigenvalue weighted by molar-refractivity contribution is 5.90. The smallest absolute Gasteiger partial charge is 0.372 e. The minimum absolute atomic E-state index is 0.0297. The Balaban J connectivity index is 1.65. The minimum Gasteiger partial charge on any atom is -0.492 e. The largest absolute Gasteiger partial charge is 0.492 e. The first-order valence-electron chi connectivity index (χ1n) is 13.2. The Kier molecular flexibility index (Phi) is 8.97. The first kappa shape index (κ1) is 27.1. The van der Waals surface area contributed by atoms with Gasteiger partial charge in [-0.1, -0.05) is 31.5 Å². The van der Waals surface area contributed by atoms with E-state index in [1.54, 1.807) is 4.57 Å². The zero-order valence-corrected chi connectivity index (χ0v) is 22.3. The third-order valence-corrected chi connectivity index (χ3v) is 6.49. The molecule has 2 aromatic heterocycles. The molecule has 8 heteroatoms. The summed E-state index contributed by atoms with van der Waals surface area (Å²) in [6.45, 7) is 7.61. The topological polar surface area (TPSA) is 110 Å². The van der Waals surface area contributed by atoms with Crippen molar-refractivity contribution >= 4 is 22.7 Å². The number of imidazole rings is 1. The van der Waals surface area contributed by atoms with Crippen molar-refractivity contribution in [3.8, 4) is 5.75 Å². The highest BCUT2D eigenvalue weighted by Gasteiger charge is 2.19. The number of benzene rings is 2. The molecule has 200 valence electrons. The van der Waals surface area contributed by atoms with Gasteiger partial charge in [-0.2, -0.15) is 0 Å². The molecule has 0 aliphatic carbocycles. The molecule has 0 amide bonds. The molecular weight excluding hydrogens is 480 g/mol. The van der Waals surface area contributed by atoms with Gasteiger partial charge in [-0.25, -0.2) is 9.78 Å². The van der Waals surface area contributed by atoms with Crippen LogP contribution in [-0.2, 0) is 19.5 Å². The minimum atomic E-state index is -1.09. The second-order valence-corrected chi connectivity index (χ2v) is 9.59. The van der Waals surface area contributed by atoms with Crippen molar-refractivity contribution in [1.29, 1.82) is 0 Å². The van der Waals surface area contributed by atoms with Gasteiger partial charge in [0.05, 0.1) is 24.2 Å². The third-order valence-electron chi connectivity index (χ3n) is 6.49. The Morgan fingerprint density at radius 1 is 1.05 bits per heavy atom. The van der Waals surface area contributed by atoms with E-state index in [0.717, 1.165) is 52.9 Å². The summed E-state index contributed by atoms with van der Waals surface area (Å²) < 4.78 is 7.69. The average Bonchev–Trinajstić information content (AvgIpc) is 3.26. The molecule has 38 heavy (non-hydrogen) atoms. The highest BCUT2D eigenvalue weighted by atomic mass is 16.5. The maximum absolute atomic E-state index is 12.1. The van der Waals surface area contributed by atoms with Crippen molar-refractivity contribution in [3.05, 3.63) is 82.4 Å². The van der Waals surface area contributed by atoms with Crippen LogP contribution in [0.4, 0.5) is 5.69 Å². The van der Waals surface area contributed by atoms with Crippen LogP contribution in [0.25, 0.3) is 11.0 Å². The molecule has 0 atom stereocenters. The Hall–Kier alpha value is -3.91. The van der Waals surface area contributed by atoms with E-state index in [1.165, 1.54) is 0 Å². The fraction of sp³-hybridized carbons (Fsp3) is 0.367. The van der Waals surface area contributed by atoms with Crippen LogP contribution >= 0.6 is 0 Å². The lowest BCUT2D eigenvalue weighted by atomic mass is 10.0. The fourth-order valence-electron chi connectivity index (χ4n) is 4.46. The van der Waals surface area contributed by atoms with Crippen LogP contribution in [0, 0.1) is 13.8 Å². The van der Waals surface area contributed by atoms with Crippen molar-refractivity contribution < 1.29 is 19.7 Å². The number of hydrogen-bond donors (Lipinski definition) is 3. The number of nitrogens with one attached hydrogen (secondary N) is 1. The normalized spacial score (nSPS) is 11.2. The molecule has 0 radical (unpaired) electrons. The summed E-state index contributed by atoms with van der Waals surface area (Å²) in [6, 6.07) is 15.9. The van der Waals surface area contributed by atoms with E-state index < -0.39 is 5.97 Å². The number of pyridine rings is 1. The van der Waals surface area contributed by atoms with Gasteiger partial charge in [-0.15, -0.1) is 0 Å². The fourth-order valence-corrected chi connectivity index (χ4v) is 4.46. The van der Waals surface area contributed by atoms with E-state index in [4.69, 9.17) is 4.74 Å². The van der Waals surface area contributed by atoms with E-state index in [-0.39, 0.29) is 19.0 Å². The Labute approximate surface area is 223 Å². The molecule has 0 saturated carbocycles. The number of fused-ring (bicyclic) bond motifs is 1. The Morgan fingerprint density at radius 3 is 2.66 bits per heavy atom. The molecule has 2 aromatic carbocycles. The second-order valence-electron chi connectivity index (χ2n) is 9.59. The van der Waals surface area contributed by atoms with Crippen LogP contribution in [-0.4, -0.2) is 43.9 Å². The number of aromatic carboxylic acids is 1. The summed E-state index contributed by atoms with van der Waals surface area (Å²) in [5, 5.41) is 22.7. The number of ether oxygens (including phenoxy) is 1. The summed E-state index contributed by atoms with van der Waals surface area (Å²) in [7, 11) is 0. The number of carboxylic acid groups (broad SMARTS) is 1. The van der Waals surface area contributed by atoms with Crippen molar-refractivity contribution in [2.45, 2.75) is 59.5 Å². The molecular formula is C30H36N4O4. The van der Waals surface area contributed by atoms with Crippen LogP contribution in [0.2, 0.25) is 0 Å². The van der Waals surface area contributed by atoms with Gasteiger partial charge >= 0.3 is 5.97 Å². The lowest BCUT2D eigenvalue weighted by molar-refractivity contribution is 0.0679. The zero-order valence-electron chi connectivity index (χ0n) is 22.3. The maximum atomic E-state index is 12.1. The summed E-state index contributed by atoms with van der Waals surface area (Å²) >= 11 is 0. The van der Waals surface area contributed by atoms with Crippen LogP contribution in [0.3, 0.4) is 0 Å². The number of carbonyl (C=O) groups is 1. The summed E-state index contributed by atoms with van der Waals surface area (Å²) in [6.07, 6.45) is 3.45. The lowest BCUT2D eigenvalue weighted by Gasteiger charge is -2.14. The quantitative estimate of drug-likeness (QED) is 0.201. The van der Waals surface area contributed by atoms with Crippen LogP contribution in [0.15, 0.2) is 48.5 Å². The van der Waals surface area contributed by atoms with Crippen LogP contribution < -0.4 is 10.1 Å². The van der Waals surface area contributed by atoms with Crippen molar-refractivity contribution in [2.24, 2.45) is 0 Å². The van der Waals surface area contributed by atoms with E-state index >= 15 is 0 Å². The molecule has 0 aliphatic heterocycles. The van der Waals surface area contributed by atoms with E-state index in [1.807, 2.05) is 37.3 Å². The van der Waals surface area contributed by atoms with Gasteiger partial charge in [0.1, 0.15) is 11.4 Å². The number of aliphatic hydroxyl groups excluding tert-OH is 1. The molecule has 4 aromatic rings. The predicted molar refractivity (Wildman–Crippen MR) is 149 cm³/mol. The molecule has 0 bridgehead atoms. The van der Waals surface area contributed by atoms with Crippen LogP contribution in [0.5, 0.6) is 5.75 Å². The number of hydrogen-bond acceptors (Lipinski definition) is 6. The van der Waals surface area contributed by atoms with Gasteiger partial charge in [0.25, 0.3) is 0 Å². The lowest BCUT2D eigenvalue weighted by Crippen LogP contribution is -2.13. The zero-order chi connectivity index (χ0) is 27.1. The van der Waals surface area contributed by atoms with Crippen molar-refractivity contribution in [1.82, 2.24) is 14.5 Å². The first-order chi connectivity index (χ1) is 18.4. The maximum Gasteiger partial charge on any atom is 0.372 e. The summed E-state index contributed by atoms with van der Waals surface area (Å²) in [5.74, 6) is -0.455. The number of aryl methyl sites for hydroxylation is 3. The molecule has 8 nitrogen and oxygen atoms in total. The molecule has 0 fully saturated rings. The van der Waals surface area contributed by atoms with Gasteiger partial charge < -0.3 is 24.8 Å². The van der Waals surface area contributed by atoms with Gasteiger partial charge in [0.15, 0.2) is 0 Å². The molecule has 0 unspecified atom stereocenters. The van der Waals surface area contributed by atoms with Crippen molar-refractivity contribution in [3.63, 3.8) is 0 Å². The Bertz CT molecular complexity index is 1410. The molecule has 0 aliphatic rings. The van der Waals surface area contributed by atoms with Gasteiger partial charge in [-0.05, 0) is 80.1 Å². The number of carboxylic acids is 1. The van der Waals surface area contributed by atoms with E-state index in [0.29, 0.717) is 36.5 Å². The number of aliphatic hydroxyl groups is 1. The number of rotatable bonds is 13. The molecule has 3 N–H and O–H groups in total. The molecule has 4 rings (SSSR count). The average molecular weight is 517 g/mol. The number of anilines is 1. The highest BCUT2D eigenvalue weighted by Crippen LogP contribution is 2.25. The number of nitrogens with zero attached hydrogens (tertiary/aromatic N) is 3. The Morgan fingerprint density at radius 2 is 1.89 bits per heavy atom. The number of aromatic nitrogens is 3. The molecule has 2 heterocycles. The summed E-state index contributed by atoms with van der Waals surface area (Å²) in [4.78, 5) is 21.2. The van der Waals surface area contributed by atoms with E-state index in [9.17, 15) is 15.0 Å². The molecule has 0 saturated heterocycles. The van der Waals surface area contributed by atoms with Gasteiger partial charge in [0.2, 0.25) is 5.82 Å². The standard InChI is InChI=1S/C30H36N4O4/c1-4-5-15-38-28-13-9-21(3)32-26(28)19-34-27-17-22(10-12-24(27)33-29(34)30(36)37)18-31-25-16-20(2)8-11-23(25)7-6-14-35/h8-13,16-17,31,35H,4-7,14-15,18-19H2,1-3H3,(H,36,37). The first-order valence-corrected chi connectivity index (χ1v) is 13.2. The SMILES string of the molecule is CCCCOc1ccc(C)nc1Cn1c(C(=O)O)nc2ccc(CNc3cc(C)ccc3CCCO)cc21. The molecule has 0 spiro atoms. The number of unbranched alkanes of at least 4 members (excludes halogenated alkanes) is 1. The van der Waals surface area contributed by atoms with Crippen molar-refractivity contribution in [2.75, 3.05) is 18.5 Å². The monoisotopic (exact) mass is 516 g/mol. The second kappa shape index (κ2) is 12.6.